The van der Waals surface area contributed by atoms with Crippen molar-refractivity contribution in [2.45, 2.75) is 12.3 Å². The molecular weight excluding hydrogens is 340 g/mol. The van der Waals surface area contributed by atoms with E-state index in [1.165, 1.54) is 16.2 Å². The number of amides is 4. The van der Waals surface area contributed by atoms with Gasteiger partial charge >= 0.3 is 11.7 Å². The molecule has 2 aliphatic rings. The van der Waals surface area contributed by atoms with Crippen LogP contribution in [0.1, 0.15) is 17.2 Å². The number of hydrogen-bond donors (Lipinski definition) is 2. The Bertz CT molecular complexity index is 1010. The summed E-state index contributed by atoms with van der Waals surface area (Å²) in [5.41, 5.74) is 2.01. The first-order chi connectivity index (χ1) is 12.4. The SMILES string of the molecule is Cn1c(-c2ccc3c(c2)CCO3)c(C2C(=O)NC(=O)NC2=O)n(C)c1=O. The second kappa shape index (κ2) is 5.58. The standard InChI is InChI=1S/C17H16N4O5/c1-20-12(9-3-4-10-8(7-9)5-6-26-10)13(21(2)17(20)25)11-14(22)18-16(24)19-15(11)23/h3-4,7,11H,5-6H2,1-2H3,(H2,18,19,22,23,24). The zero-order valence-electron chi connectivity index (χ0n) is 14.2. The number of hydrogen-bond acceptors (Lipinski definition) is 5. The zero-order chi connectivity index (χ0) is 18.6. The van der Waals surface area contributed by atoms with E-state index >= 15 is 0 Å². The Balaban J connectivity index is 1.93. The van der Waals surface area contributed by atoms with E-state index in [0.717, 1.165) is 17.7 Å². The number of fused-ring (bicyclic) bond motifs is 1. The number of benzene rings is 1. The Morgan fingerprint density at radius 3 is 2.42 bits per heavy atom. The first-order valence-electron chi connectivity index (χ1n) is 8.06. The molecule has 0 saturated carbocycles. The summed E-state index contributed by atoms with van der Waals surface area (Å²) in [4.78, 5) is 48.5. The Morgan fingerprint density at radius 1 is 1.04 bits per heavy atom. The normalized spacial score (nSPS) is 16.9. The van der Waals surface area contributed by atoms with Crippen molar-refractivity contribution in [3.63, 3.8) is 0 Å². The van der Waals surface area contributed by atoms with Gasteiger partial charge in [0.2, 0.25) is 11.8 Å². The van der Waals surface area contributed by atoms with Crippen LogP contribution in [0.25, 0.3) is 11.3 Å². The minimum absolute atomic E-state index is 0.235. The summed E-state index contributed by atoms with van der Waals surface area (Å²) in [6.45, 7) is 0.592. The number of barbiturate groups is 1. The highest BCUT2D eigenvalue weighted by Crippen LogP contribution is 2.34. The molecule has 9 nitrogen and oxygen atoms in total. The monoisotopic (exact) mass is 356 g/mol. The third-order valence-electron chi connectivity index (χ3n) is 4.75. The van der Waals surface area contributed by atoms with Crippen LogP contribution in [0.3, 0.4) is 0 Å². The summed E-state index contributed by atoms with van der Waals surface area (Å²) in [7, 11) is 3.07. The number of imide groups is 2. The maximum Gasteiger partial charge on any atom is 0.328 e. The van der Waals surface area contributed by atoms with Crippen LogP contribution in [0.2, 0.25) is 0 Å². The fourth-order valence-corrected chi connectivity index (χ4v) is 3.53. The third kappa shape index (κ3) is 2.24. The maximum atomic E-state index is 12.5. The van der Waals surface area contributed by atoms with Gasteiger partial charge < -0.3 is 4.74 Å². The number of nitrogens with zero attached hydrogens (tertiary/aromatic N) is 2. The third-order valence-corrected chi connectivity index (χ3v) is 4.75. The average Bonchev–Trinajstić information content (AvgIpc) is 3.13. The molecule has 26 heavy (non-hydrogen) atoms. The van der Waals surface area contributed by atoms with E-state index in [1.807, 2.05) is 12.1 Å². The van der Waals surface area contributed by atoms with Gasteiger partial charge in [0, 0.05) is 26.1 Å². The zero-order valence-corrected chi connectivity index (χ0v) is 14.2. The maximum absolute atomic E-state index is 12.5. The topological polar surface area (TPSA) is 111 Å². The van der Waals surface area contributed by atoms with Crippen LogP contribution in [0, 0.1) is 0 Å². The van der Waals surface area contributed by atoms with Crippen molar-refractivity contribution >= 4 is 17.8 Å². The largest absolute Gasteiger partial charge is 0.493 e. The van der Waals surface area contributed by atoms with Gasteiger partial charge in [-0.05, 0) is 23.8 Å². The first kappa shape index (κ1) is 16.1. The second-order valence-corrected chi connectivity index (χ2v) is 6.30. The van der Waals surface area contributed by atoms with Crippen LogP contribution < -0.4 is 21.1 Å². The summed E-state index contributed by atoms with van der Waals surface area (Å²) in [5.74, 6) is -2.03. The number of carbonyl (C=O) groups is 3. The lowest BCUT2D eigenvalue weighted by Crippen LogP contribution is -2.55. The summed E-state index contributed by atoms with van der Waals surface area (Å²) < 4.78 is 8.16. The Kier molecular flexibility index (Phi) is 3.46. The molecule has 4 amide bonds. The van der Waals surface area contributed by atoms with E-state index in [4.69, 9.17) is 4.74 Å². The molecule has 9 heteroatoms. The van der Waals surface area contributed by atoms with Crippen molar-refractivity contribution in [2.24, 2.45) is 14.1 Å². The molecule has 1 saturated heterocycles. The average molecular weight is 356 g/mol. The van der Waals surface area contributed by atoms with Crippen molar-refractivity contribution in [1.29, 1.82) is 0 Å². The predicted molar refractivity (Wildman–Crippen MR) is 89.7 cm³/mol. The fourth-order valence-electron chi connectivity index (χ4n) is 3.53. The number of rotatable bonds is 2. The molecule has 0 aliphatic carbocycles. The van der Waals surface area contributed by atoms with Crippen LogP contribution in [0.15, 0.2) is 23.0 Å². The van der Waals surface area contributed by atoms with E-state index in [9.17, 15) is 19.2 Å². The quantitative estimate of drug-likeness (QED) is 0.723. The molecule has 1 aromatic heterocycles. The van der Waals surface area contributed by atoms with Gasteiger partial charge in [-0.25, -0.2) is 9.59 Å². The summed E-state index contributed by atoms with van der Waals surface area (Å²) in [6, 6.07) is 4.62. The number of urea groups is 1. The predicted octanol–water partition coefficient (Wildman–Crippen LogP) is -0.225. The van der Waals surface area contributed by atoms with Crippen molar-refractivity contribution in [3.8, 4) is 17.0 Å². The number of imidazole rings is 1. The fraction of sp³-hybridized carbons (Fsp3) is 0.294. The van der Waals surface area contributed by atoms with Crippen LogP contribution in [0.4, 0.5) is 4.79 Å². The molecule has 1 aromatic carbocycles. The van der Waals surface area contributed by atoms with Gasteiger partial charge in [-0.1, -0.05) is 0 Å². The molecule has 0 radical (unpaired) electrons. The Labute approximate surface area is 147 Å². The van der Waals surface area contributed by atoms with Gasteiger partial charge in [0.1, 0.15) is 5.75 Å². The Morgan fingerprint density at radius 2 is 1.73 bits per heavy atom. The molecule has 0 spiro atoms. The molecule has 2 N–H and O–H groups in total. The van der Waals surface area contributed by atoms with E-state index < -0.39 is 23.8 Å². The Hall–Kier alpha value is -3.36. The lowest BCUT2D eigenvalue weighted by Gasteiger charge is -2.22. The molecule has 134 valence electrons. The highest BCUT2D eigenvalue weighted by Gasteiger charge is 2.40. The highest BCUT2D eigenvalue weighted by atomic mass is 16.5. The summed E-state index contributed by atoms with van der Waals surface area (Å²) >= 11 is 0. The molecule has 4 rings (SSSR count). The van der Waals surface area contributed by atoms with Crippen molar-refractivity contribution in [3.05, 3.63) is 39.9 Å². The lowest BCUT2D eigenvalue weighted by molar-refractivity contribution is -0.132. The molecule has 3 heterocycles. The molecule has 0 bridgehead atoms. The summed E-state index contributed by atoms with van der Waals surface area (Å²) in [5, 5.41) is 4.16. The second-order valence-electron chi connectivity index (χ2n) is 6.30. The minimum Gasteiger partial charge on any atom is -0.493 e. The lowest BCUT2D eigenvalue weighted by atomic mass is 9.95. The smallest absolute Gasteiger partial charge is 0.328 e. The molecule has 2 aliphatic heterocycles. The van der Waals surface area contributed by atoms with Crippen molar-refractivity contribution < 1.29 is 19.1 Å². The van der Waals surface area contributed by atoms with Gasteiger partial charge in [0.05, 0.1) is 18.0 Å². The van der Waals surface area contributed by atoms with Gasteiger partial charge in [-0.2, -0.15) is 0 Å². The number of carbonyl (C=O) groups excluding carboxylic acids is 3. The van der Waals surface area contributed by atoms with Crippen molar-refractivity contribution in [1.82, 2.24) is 19.8 Å². The van der Waals surface area contributed by atoms with Crippen LogP contribution in [-0.2, 0) is 30.1 Å². The molecule has 1 fully saturated rings. The number of ether oxygens (including phenoxy) is 1. The highest BCUT2D eigenvalue weighted by molar-refractivity contribution is 6.19. The van der Waals surface area contributed by atoms with E-state index in [1.54, 1.807) is 13.1 Å². The van der Waals surface area contributed by atoms with Gasteiger partial charge in [-0.3, -0.25) is 29.4 Å². The first-order valence-corrected chi connectivity index (χ1v) is 8.06. The molecule has 0 atom stereocenters. The molecule has 2 aromatic rings. The minimum atomic E-state index is -1.30. The van der Waals surface area contributed by atoms with Gasteiger partial charge in [-0.15, -0.1) is 0 Å². The number of nitrogens with one attached hydrogen (secondary N) is 2. The summed E-state index contributed by atoms with van der Waals surface area (Å²) in [6.07, 6.45) is 0.748. The van der Waals surface area contributed by atoms with E-state index in [-0.39, 0.29) is 11.4 Å². The molecule has 0 unspecified atom stereocenters. The van der Waals surface area contributed by atoms with Crippen LogP contribution in [0.5, 0.6) is 5.75 Å². The van der Waals surface area contributed by atoms with Crippen molar-refractivity contribution in [2.75, 3.05) is 6.61 Å². The van der Waals surface area contributed by atoms with Gasteiger partial charge in [0.25, 0.3) is 0 Å². The van der Waals surface area contributed by atoms with Crippen LogP contribution in [-0.4, -0.2) is 33.6 Å². The van der Waals surface area contributed by atoms with E-state index in [2.05, 4.69) is 10.6 Å². The van der Waals surface area contributed by atoms with E-state index in [0.29, 0.717) is 17.9 Å². The van der Waals surface area contributed by atoms with Gasteiger partial charge in [0.15, 0.2) is 5.92 Å². The molecular formula is C17H16N4O5. The number of aromatic nitrogens is 2. The van der Waals surface area contributed by atoms with Crippen LogP contribution >= 0.6 is 0 Å².